The van der Waals surface area contributed by atoms with Crippen LogP contribution in [0.4, 0.5) is 5.69 Å². The second-order valence-electron chi connectivity index (χ2n) is 7.30. The number of anilines is 1. The van der Waals surface area contributed by atoms with Gasteiger partial charge in [0.25, 0.3) is 11.8 Å². The first kappa shape index (κ1) is 20.9. The molecule has 2 aromatic carbocycles. The Labute approximate surface area is 192 Å². The van der Waals surface area contributed by atoms with Gasteiger partial charge in [-0.05, 0) is 12.1 Å². The van der Waals surface area contributed by atoms with Crippen molar-refractivity contribution in [3.05, 3.63) is 53.4 Å². The highest BCUT2D eigenvalue weighted by molar-refractivity contribution is 6.30. The van der Waals surface area contributed by atoms with Crippen LogP contribution >= 0.6 is 11.6 Å². The Morgan fingerprint density at radius 1 is 1.06 bits per heavy atom. The molecule has 2 atom stereocenters. The second-order valence-corrected chi connectivity index (χ2v) is 7.73. The maximum absolute atomic E-state index is 13.2. The Kier molecular flexibility index (Phi) is 5.17. The zero-order valence-corrected chi connectivity index (χ0v) is 18.3. The van der Waals surface area contributed by atoms with Gasteiger partial charge < -0.3 is 14.0 Å². The van der Waals surface area contributed by atoms with Gasteiger partial charge in [-0.1, -0.05) is 34.1 Å². The van der Waals surface area contributed by atoms with E-state index in [1.807, 2.05) is 0 Å². The van der Waals surface area contributed by atoms with Crippen molar-refractivity contribution in [3.63, 3.8) is 0 Å². The van der Waals surface area contributed by atoms with Crippen LogP contribution in [0.3, 0.4) is 0 Å². The highest BCUT2D eigenvalue weighted by Crippen LogP contribution is 2.36. The lowest BCUT2D eigenvalue weighted by Crippen LogP contribution is -2.39. The van der Waals surface area contributed by atoms with Crippen molar-refractivity contribution in [1.82, 2.24) is 15.1 Å². The number of ether oxygens (including phenoxy) is 2. The van der Waals surface area contributed by atoms with Crippen molar-refractivity contribution in [2.24, 2.45) is 10.3 Å². The van der Waals surface area contributed by atoms with Crippen molar-refractivity contribution >= 4 is 29.1 Å². The van der Waals surface area contributed by atoms with Gasteiger partial charge in [0.2, 0.25) is 11.7 Å². The molecular weight excluding hydrogens is 452 g/mol. The average molecular weight is 469 g/mol. The Bertz CT molecular complexity index is 1260. The number of hydrogen-bond acceptors (Lipinski definition) is 10. The first-order chi connectivity index (χ1) is 16.0. The fourth-order valence-corrected chi connectivity index (χ4v) is 3.92. The molecule has 2 amide bonds. The van der Waals surface area contributed by atoms with E-state index in [1.54, 1.807) is 42.5 Å². The summed E-state index contributed by atoms with van der Waals surface area (Å²) in [6.07, 6.45) is 0. The Morgan fingerprint density at radius 3 is 2.52 bits per heavy atom. The van der Waals surface area contributed by atoms with E-state index in [0.717, 1.165) is 4.90 Å². The molecule has 3 aromatic rings. The number of halogens is 1. The SMILES string of the molecule is COc1cc(OC)cc(N2C(=O)[C@H]3N=NN(Cc4nc(-c5cccc(Cl)c5)no4)[C@@H]3C2=O)c1. The predicted molar refractivity (Wildman–Crippen MR) is 115 cm³/mol. The van der Waals surface area contributed by atoms with Crippen LogP contribution in [0.15, 0.2) is 57.3 Å². The van der Waals surface area contributed by atoms with Crippen molar-refractivity contribution in [2.75, 3.05) is 19.1 Å². The van der Waals surface area contributed by atoms with Crippen LogP contribution in [0.5, 0.6) is 11.5 Å². The van der Waals surface area contributed by atoms with Gasteiger partial charge in [-0.25, -0.2) is 4.90 Å². The minimum atomic E-state index is -0.968. The minimum absolute atomic E-state index is 0.00647. The average Bonchev–Trinajstić information content (AvgIpc) is 3.51. The monoisotopic (exact) mass is 468 g/mol. The van der Waals surface area contributed by atoms with Crippen molar-refractivity contribution in [1.29, 1.82) is 0 Å². The molecule has 0 N–H and O–H groups in total. The molecule has 0 saturated carbocycles. The van der Waals surface area contributed by atoms with Crippen molar-refractivity contribution in [3.8, 4) is 22.9 Å². The van der Waals surface area contributed by atoms with E-state index in [4.69, 9.17) is 25.6 Å². The summed E-state index contributed by atoms with van der Waals surface area (Å²) < 4.78 is 15.8. The predicted octanol–water partition coefficient (Wildman–Crippen LogP) is 2.90. The number of rotatable bonds is 6. The number of carbonyl (C=O) groups is 2. The number of imide groups is 1. The molecule has 0 spiro atoms. The summed E-state index contributed by atoms with van der Waals surface area (Å²) >= 11 is 6.02. The summed E-state index contributed by atoms with van der Waals surface area (Å²) in [7, 11) is 2.97. The quantitative estimate of drug-likeness (QED) is 0.506. The molecule has 5 rings (SSSR count). The Morgan fingerprint density at radius 2 is 1.82 bits per heavy atom. The maximum atomic E-state index is 13.2. The smallest absolute Gasteiger partial charge is 0.263 e. The molecule has 1 fully saturated rings. The normalized spacial score (nSPS) is 19.4. The lowest BCUT2D eigenvalue weighted by Gasteiger charge is -2.20. The van der Waals surface area contributed by atoms with Crippen LogP contribution in [0.2, 0.25) is 5.02 Å². The fraction of sp³-hybridized carbons (Fsp3) is 0.238. The van der Waals surface area contributed by atoms with Gasteiger partial charge in [0.05, 0.1) is 19.9 Å². The number of benzene rings is 2. The summed E-state index contributed by atoms with van der Waals surface area (Å²) in [5.74, 6) is 0.488. The number of methoxy groups -OCH3 is 2. The van der Waals surface area contributed by atoms with E-state index in [2.05, 4.69) is 20.5 Å². The first-order valence-corrected chi connectivity index (χ1v) is 10.2. The molecular formula is C21H17ClN6O5. The lowest BCUT2D eigenvalue weighted by atomic mass is 10.1. The molecule has 2 aliphatic rings. The highest BCUT2D eigenvalue weighted by atomic mass is 35.5. The van der Waals surface area contributed by atoms with Gasteiger partial charge in [0.15, 0.2) is 12.1 Å². The number of fused-ring (bicyclic) bond motifs is 1. The summed E-state index contributed by atoms with van der Waals surface area (Å²) in [5, 5.41) is 13.9. The minimum Gasteiger partial charge on any atom is -0.497 e. The molecule has 1 aromatic heterocycles. The standard InChI is InChI=1S/C21H17ClN6O5/c1-31-14-7-13(8-15(9-14)32-2)28-20(29)17-18(21(28)30)27(26-24-17)10-16-23-19(25-33-16)11-4-3-5-12(22)6-11/h3-9,17-18H,10H2,1-2H3/t17-,18-/m0/s1. The third-order valence-electron chi connectivity index (χ3n) is 5.30. The zero-order chi connectivity index (χ0) is 23.1. The highest BCUT2D eigenvalue weighted by Gasteiger charge is 2.55. The number of hydrogen-bond donors (Lipinski definition) is 0. The largest absolute Gasteiger partial charge is 0.497 e. The van der Waals surface area contributed by atoms with Crippen molar-refractivity contribution < 1.29 is 23.6 Å². The van der Waals surface area contributed by atoms with Crippen molar-refractivity contribution in [2.45, 2.75) is 18.6 Å². The van der Waals surface area contributed by atoms with Gasteiger partial charge in [-0.2, -0.15) is 10.1 Å². The van der Waals surface area contributed by atoms with E-state index in [0.29, 0.717) is 33.6 Å². The van der Waals surface area contributed by atoms with Crippen LogP contribution in [-0.4, -0.2) is 53.3 Å². The third kappa shape index (κ3) is 3.65. The fourth-order valence-electron chi connectivity index (χ4n) is 3.73. The Hall–Kier alpha value is -3.99. The number of carbonyl (C=O) groups excluding carboxylic acids is 2. The van der Waals surface area contributed by atoms with Crippen LogP contribution in [0, 0.1) is 0 Å². The molecule has 0 unspecified atom stereocenters. The Balaban J connectivity index is 1.38. The van der Waals surface area contributed by atoms with E-state index < -0.39 is 23.9 Å². The van der Waals surface area contributed by atoms with Gasteiger partial charge >= 0.3 is 0 Å². The molecule has 0 aliphatic carbocycles. The van der Waals surface area contributed by atoms with E-state index in [9.17, 15) is 9.59 Å². The molecule has 2 aliphatic heterocycles. The summed E-state index contributed by atoms with van der Waals surface area (Å²) in [6, 6.07) is 9.94. The summed E-state index contributed by atoms with van der Waals surface area (Å²) in [5.41, 5.74) is 1.01. The molecule has 33 heavy (non-hydrogen) atoms. The van der Waals surface area contributed by atoms with Crippen LogP contribution in [0.25, 0.3) is 11.4 Å². The number of amides is 2. The number of aromatic nitrogens is 2. The molecule has 1 saturated heterocycles. The topological polar surface area (TPSA) is 123 Å². The molecule has 12 heteroatoms. The van der Waals surface area contributed by atoms with Gasteiger partial charge in [0, 0.05) is 28.8 Å². The van der Waals surface area contributed by atoms with Gasteiger partial charge in [-0.15, -0.1) is 0 Å². The maximum Gasteiger partial charge on any atom is 0.263 e. The van der Waals surface area contributed by atoms with Crippen LogP contribution in [-0.2, 0) is 16.1 Å². The second kappa shape index (κ2) is 8.17. The first-order valence-electron chi connectivity index (χ1n) is 9.85. The van der Waals surface area contributed by atoms with Gasteiger partial charge in [0.1, 0.15) is 18.0 Å². The van der Waals surface area contributed by atoms with Crippen LogP contribution < -0.4 is 14.4 Å². The van der Waals surface area contributed by atoms with Crippen LogP contribution in [0.1, 0.15) is 5.89 Å². The molecule has 168 valence electrons. The van der Waals surface area contributed by atoms with E-state index >= 15 is 0 Å². The number of nitrogens with zero attached hydrogens (tertiary/aromatic N) is 6. The van der Waals surface area contributed by atoms with Gasteiger partial charge in [-0.3, -0.25) is 14.6 Å². The van der Waals surface area contributed by atoms with E-state index in [-0.39, 0.29) is 12.4 Å². The molecule has 3 heterocycles. The molecule has 0 radical (unpaired) electrons. The zero-order valence-electron chi connectivity index (χ0n) is 17.5. The lowest BCUT2D eigenvalue weighted by molar-refractivity contribution is -0.123. The summed E-state index contributed by atoms with van der Waals surface area (Å²) in [6.45, 7) is 0.00647. The third-order valence-corrected chi connectivity index (χ3v) is 5.54. The molecule has 11 nitrogen and oxygen atoms in total. The summed E-state index contributed by atoms with van der Waals surface area (Å²) in [4.78, 5) is 31.6. The van der Waals surface area contributed by atoms with E-state index in [1.165, 1.54) is 19.2 Å². The molecule has 0 bridgehead atoms.